The van der Waals surface area contributed by atoms with Gasteiger partial charge >= 0.3 is 0 Å². The van der Waals surface area contributed by atoms with Crippen molar-refractivity contribution in [1.29, 1.82) is 0 Å². The van der Waals surface area contributed by atoms with E-state index < -0.39 is 9.84 Å². The monoisotopic (exact) mass is 353 g/mol. The number of nitrogens with zero attached hydrogens (tertiary/aromatic N) is 1. The Bertz CT molecular complexity index is 752. The number of hydrogen-bond acceptors (Lipinski definition) is 4. The summed E-state index contributed by atoms with van der Waals surface area (Å²) in [6.45, 7) is 0. The van der Waals surface area contributed by atoms with Gasteiger partial charge in [-0.05, 0) is 42.5 Å². The third-order valence-electron chi connectivity index (χ3n) is 2.61. The second kappa shape index (κ2) is 5.76. The average molecular weight is 354 g/mol. The first kappa shape index (κ1) is 14.7. The largest absolute Gasteiger partial charge is 0.507 e. The summed E-state index contributed by atoms with van der Waals surface area (Å²) >= 11 is 3.31. The van der Waals surface area contributed by atoms with Gasteiger partial charge in [-0.2, -0.15) is 0 Å². The number of halogens is 1. The van der Waals surface area contributed by atoms with Crippen molar-refractivity contribution in [2.75, 3.05) is 6.26 Å². The number of aliphatic imine (C=N–C) groups is 1. The van der Waals surface area contributed by atoms with Crippen molar-refractivity contribution in [3.63, 3.8) is 0 Å². The average Bonchev–Trinajstić information content (AvgIpc) is 2.39. The molecular formula is C14H12BrNO3S. The van der Waals surface area contributed by atoms with Crippen LogP contribution in [-0.2, 0) is 9.84 Å². The summed E-state index contributed by atoms with van der Waals surface area (Å²) in [6, 6.07) is 11.3. The van der Waals surface area contributed by atoms with Crippen molar-refractivity contribution in [2.24, 2.45) is 4.99 Å². The molecule has 20 heavy (non-hydrogen) atoms. The Balaban J connectivity index is 2.26. The van der Waals surface area contributed by atoms with Crippen molar-refractivity contribution in [3.8, 4) is 5.75 Å². The Hall–Kier alpha value is -1.66. The van der Waals surface area contributed by atoms with Gasteiger partial charge in [0, 0.05) is 22.5 Å². The minimum atomic E-state index is -3.20. The molecule has 1 N–H and O–H groups in total. The van der Waals surface area contributed by atoms with E-state index in [1.807, 2.05) is 0 Å². The van der Waals surface area contributed by atoms with Crippen LogP contribution in [0.2, 0.25) is 0 Å². The predicted octanol–water partition coefficient (Wildman–Crippen LogP) is 3.31. The summed E-state index contributed by atoms with van der Waals surface area (Å²) in [5.41, 5.74) is 1.18. The number of rotatable bonds is 3. The van der Waals surface area contributed by atoms with Gasteiger partial charge in [0.2, 0.25) is 0 Å². The highest BCUT2D eigenvalue weighted by atomic mass is 79.9. The molecule has 0 amide bonds. The van der Waals surface area contributed by atoms with Gasteiger partial charge in [-0.1, -0.05) is 15.9 Å². The minimum Gasteiger partial charge on any atom is -0.507 e. The van der Waals surface area contributed by atoms with Gasteiger partial charge in [0.15, 0.2) is 9.84 Å². The highest BCUT2D eigenvalue weighted by Crippen LogP contribution is 2.22. The zero-order valence-corrected chi connectivity index (χ0v) is 13.0. The Morgan fingerprint density at radius 1 is 1.15 bits per heavy atom. The maximum Gasteiger partial charge on any atom is 0.175 e. The van der Waals surface area contributed by atoms with Crippen molar-refractivity contribution in [2.45, 2.75) is 4.90 Å². The van der Waals surface area contributed by atoms with Crippen LogP contribution in [0.15, 0.2) is 56.8 Å². The molecule has 0 aliphatic rings. The molecule has 0 fully saturated rings. The standard InChI is InChI=1S/C14H12BrNO3S/c1-20(18,19)13-5-3-12(4-6-13)16-9-10-8-11(15)2-7-14(10)17/h2-9,17H,1H3. The highest BCUT2D eigenvalue weighted by molar-refractivity contribution is 9.10. The number of aromatic hydroxyl groups is 1. The van der Waals surface area contributed by atoms with Gasteiger partial charge in [0.25, 0.3) is 0 Å². The lowest BCUT2D eigenvalue weighted by molar-refractivity contribution is 0.474. The van der Waals surface area contributed by atoms with E-state index in [0.717, 1.165) is 10.7 Å². The summed E-state index contributed by atoms with van der Waals surface area (Å²) in [7, 11) is -3.20. The molecule has 0 aliphatic heterocycles. The van der Waals surface area contributed by atoms with E-state index in [1.165, 1.54) is 18.3 Å². The molecule has 0 saturated heterocycles. The first-order chi connectivity index (χ1) is 9.36. The van der Waals surface area contributed by atoms with Gasteiger partial charge in [0.05, 0.1) is 10.6 Å². The number of sulfone groups is 1. The van der Waals surface area contributed by atoms with Gasteiger partial charge in [0.1, 0.15) is 5.75 Å². The molecule has 0 spiro atoms. The van der Waals surface area contributed by atoms with E-state index in [0.29, 0.717) is 11.3 Å². The third kappa shape index (κ3) is 3.68. The fraction of sp³-hybridized carbons (Fsp3) is 0.0714. The molecule has 0 aromatic heterocycles. The maximum absolute atomic E-state index is 11.3. The lowest BCUT2D eigenvalue weighted by Crippen LogP contribution is -1.95. The van der Waals surface area contributed by atoms with Gasteiger partial charge in [-0.15, -0.1) is 0 Å². The zero-order valence-electron chi connectivity index (χ0n) is 10.6. The van der Waals surface area contributed by atoms with Crippen LogP contribution in [0.25, 0.3) is 0 Å². The van der Waals surface area contributed by atoms with Gasteiger partial charge in [-0.25, -0.2) is 8.42 Å². The quantitative estimate of drug-likeness (QED) is 0.860. The number of benzene rings is 2. The first-order valence-electron chi connectivity index (χ1n) is 5.69. The van der Waals surface area contributed by atoms with Crippen LogP contribution >= 0.6 is 15.9 Å². The summed E-state index contributed by atoms with van der Waals surface area (Å²) < 4.78 is 23.5. The topological polar surface area (TPSA) is 66.7 Å². The van der Waals surface area contributed by atoms with Crippen LogP contribution in [0, 0.1) is 0 Å². The zero-order chi connectivity index (χ0) is 14.8. The van der Waals surface area contributed by atoms with Gasteiger partial charge in [-0.3, -0.25) is 4.99 Å². The van der Waals surface area contributed by atoms with Crippen LogP contribution in [0.3, 0.4) is 0 Å². The normalized spacial score (nSPS) is 11.9. The molecule has 2 aromatic rings. The van der Waals surface area contributed by atoms with E-state index >= 15 is 0 Å². The molecule has 0 bridgehead atoms. The second-order valence-electron chi connectivity index (χ2n) is 4.23. The lowest BCUT2D eigenvalue weighted by Gasteiger charge is -2.00. The third-order valence-corrected chi connectivity index (χ3v) is 4.23. The minimum absolute atomic E-state index is 0.129. The number of phenolic OH excluding ortho intramolecular Hbond substituents is 1. The Morgan fingerprint density at radius 3 is 2.40 bits per heavy atom. The Labute approximate surface area is 125 Å². The van der Waals surface area contributed by atoms with Crippen molar-refractivity contribution in [1.82, 2.24) is 0 Å². The van der Waals surface area contributed by atoms with Crippen LogP contribution < -0.4 is 0 Å². The van der Waals surface area contributed by atoms with Crippen molar-refractivity contribution < 1.29 is 13.5 Å². The predicted molar refractivity (Wildman–Crippen MR) is 82.6 cm³/mol. The van der Waals surface area contributed by atoms with E-state index in [4.69, 9.17) is 0 Å². The van der Waals surface area contributed by atoms with Crippen LogP contribution in [-0.4, -0.2) is 26.0 Å². The smallest absolute Gasteiger partial charge is 0.175 e. The lowest BCUT2D eigenvalue weighted by atomic mass is 10.2. The Morgan fingerprint density at radius 2 is 1.80 bits per heavy atom. The number of phenols is 1. The second-order valence-corrected chi connectivity index (χ2v) is 7.16. The molecule has 2 aromatic carbocycles. The van der Waals surface area contributed by atoms with Crippen LogP contribution in [0.1, 0.15) is 5.56 Å². The van der Waals surface area contributed by atoms with Gasteiger partial charge < -0.3 is 5.11 Å². The Kier molecular flexibility index (Phi) is 4.25. The molecule has 0 atom stereocenters. The van der Waals surface area contributed by atoms with Crippen LogP contribution in [0.4, 0.5) is 5.69 Å². The SMILES string of the molecule is CS(=O)(=O)c1ccc(N=Cc2cc(Br)ccc2O)cc1. The molecular weight excluding hydrogens is 342 g/mol. The summed E-state index contributed by atoms with van der Waals surface area (Å²) in [4.78, 5) is 4.45. The molecule has 4 nitrogen and oxygen atoms in total. The molecule has 2 rings (SSSR count). The number of hydrogen-bond donors (Lipinski definition) is 1. The summed E-state index contributed by atoms with van der Waals surface area (Å²) in [6.07, 6.45) is 2.68. The molecule has 0 aliphatic carbocycles. The molecule has 0 radical (unpaired) electrons. The molecule has 104 valence electrons. The first-order valence-corrected chi connectivity index (χ1v) is 8.37. The molecule has 0 heterocycles. The highest BCUT2D eigenvalue weighted by Gasteiger charge is 2.05. The maximum atomic E-state index is 11.3. The van der Waals surface area contributed by atoms with E-state index in [9.17, 15) is 13.5 Å². The molecule has 0 unspecified atom stereocenters. The van der Waals surface area contributed by atoms with E-state index in [2.05, 4.69) is 20.9 Å². The fourth-order valence-electron chi connectivity index (χ4n) is 1.55. The molecule has 6 heteroatoms. The van der Waals surface area contributed by atoms with Crippen molar-refractivity contribution in [3.05, 3.63) is 52.5 Å². The molecule has 0 saturated carbocycles. The van der Waals surface area contributed by atoms with Crippen molar-refractivity contribution >= 4 is 37.7 Å². The van der Waals surface area contributed by atoms with Crippen LogP contribution in [0.5, 0.6) is 5.75 Å². The van der Waals surface area contributed by atoms with E-state index in [1.54, 1.807) is 30.3 Å². The van der Waals surface area contributed by atoms with E-state index in [-0.39, 0.29) is 10.6 Å². The summed E-state index contributed by atoms with van der Waals surface area (Å²) in [5.74, 6) is 0.129. The summed E-state index contributed by atoms with van der Waals surface area (Å²) in [5, 5.41) is 9.67. The fourth-order valence-corrected chi connectivity index (χ4v) is 2.56.